The first-order valence-electron chi connectivity index (χ1n) is 11.2. The highest BCUT2D eigenvalue weighted by Crippen LogP contribution is 2.39. The Balaban J connectivity index is 1.81. The van der Waals surface area contributed by atoms with E-state index in [1.54, 1.807) is 30.3 Å². The van der Waals surface area contributed by atoms with E-state index < -0.39 is 11.9 Å². The summed E-state index contributed by atoms with van der Waals surface area (Å²) in [4.78, 5) is 8.37. The maximum absolute atomic E-state index is 13.9. The largest absolute Gasteiger partial charge is 0.433 e. The lowest BCUT2D eigenvalue weighted by Gasteiger charge is -2.13. The molecule has 0 amide bonds. The molecule has 0 atom stereocenters. The van der Waals surface area contributed by atoms with E-state index in [0.717, 1.165) is 22.8 Å². The quantitative estimate of drug-likeness (QED) is 0.249. The topological polar surface area (TPSA) is 43.6 Å². The van der Waals surface area contributed by atoms with E-state index in [1.807, 2.05) is 62.4 Å². The average molecular weight is 505 g/mol. The van der Waals surface area contributed by atoms with Crippen LogP contribution in [0.25, 0.3) is 39.7 Å². The molecule has 180 valence electrons. The summed E-state index contributed by atoms with van der Waals surface area (Å²) in [5, 5.41) is 4.95. The summed E-state index contributed by atoms with van der Waals surface area (Å²) in [5.41, 5.74) is 3.82. The third kappa shape index (κ3) is 4.62. The van der Waals surface area contributed by atoms with Crippen molar-refractivity contribution in [2.24, 2.45) is 0 Å². The fourth-order valence-electron chi connectivity index (χ4n) is 3.99. The molecule has 0 fully saturated rings. The third-order valence-corrected chi connectivity index (χ3v) is 6.03. The van der Waals surface area contributed by atoms with E-state index in [9.17, 15) is 13.2 Å². The lowest BCUT2D eigenvalue weighted by molar-refractivity contribution is -0.141. The van der Waals surface area contributed by atoms with Gasteiger partial charge in [0.1, 0.15) is 5.69 Å². The number of nitrogens with zero attached hydrogens (tertiary/aromatic N) is 4. The Morgan fingerprint density at radius 2 is 1.33 bits per heavy atom. The van der Waals surface area contributed by atoms with Crippen molar-refractivity contribution in [2.75, 3.05) is 0 Å². The van der Waals surface area contributed by atoms with Gasteiger partial charge in [-0.05, 0) is 32.0 Å². The highest BCUT2D eigenvalue weighted by Gasteiger charge is 2.34. The van der Waals surface area contributed by atoms with E-state index in [0.29, 0.717) is 27.5 Å². The van der Waals surface area contributed by atoms with Gasteiger partial charge in [0.25, 0.3) is 5.95 Å². The van der Waals surface area contributed by atoms with Crippen LogP contribution in [0, 0.1) is 13.8 Å². The zero-order chi connectivity index (χ0) is 25.4. The second-order valence-electron chi connectivity index (χ2n) is 8.46. The second-order valence-corrected chi connectivity index (χ2v) is 8.84. The van der Waals surface area contributed by atoms with Gasteiger partial charge in [-0.25, -0.2) is 9.97 Å². The monoisotopic (exact) mass is 504 g/mol. The van der Waals surface area contributed by atoms with Gasteiger partial charge < -0.3 is 0 Å². The molecule has 4 nitrogen and oxygen atoms in total. The maximum Gasteiger partial charge on any atom is 0.433 e. The number of hydrogen-bond acceptors (Lipinski definition) is 3. The minimum absolute atomic E-state index is 0.131. The van der Waals surface area contributed by atoms with Crippen LogP contribution in [0.2, 0.25) is 5.02 Å². The molecule has 0 unspecified atom stereocenters. The highest BCUT2D eigenvalue weighted by atomic mass is 35.5. The summed E-state index contributed by atoms with van der Waals surface area (Å²) in [6.45, 7) is 3.87. The average Bonchev–Trinajstić information content (AvgIpc) is 3.21. The molecule has 2 aromatic heterocycles. The first-order chi connectivity index (χ1) is 17.2. The predicted octanol–water partition coefficient (Wildman–Crippen LogP) is 7.95. The number of benzene rings is 3. The van der Waals surface area contributed by atoms with Gasteiger partial charge >= 0.3 is 6.18 Å². The molecular weight excluding hydrogens is 485 g/mol. The van der Waals surface area contributed by atoms with Crippen molar-refractivity contribution in [3.05, 3.63) is 107 Å². The van der Waals surface area contributed by atoms with Gasteiger partial charge in [0.2, 0.25) is 0 Å². The van der Waals surface area contributed by atoms with Crippen LogP contribution in [-0.2, 0) is 6.18 Å². The van der Waals surface area contributed by atoms with E-state index in [-0.39, 0.29) is 11.6 Å². The Morgan fingerprint density at radius 3 is 1.97 bits per heavy atom. The molecule has 0 saturated heterocycles. The highest BCUT2D eigenvalue weighted by molar-refractivity contribution is 6.35. The molecule has 0 radical (unpaired) electrons. The number of rotatable bonds is 4. The van der Waals surface area contributed by atoms with Crippen LogP contribution < -0.4 is 0 Å². The molecule has 0 aliphatic rings. The minimum Gasteiger partial charge on any atom is -0.211 e. The van der Waals surface area contributed by atoms with Crippen LogP contribution in [0.1, 0.15) is 16.8 Å². The predicted molar refractivity (Wildman–Crippen MR) is 135 cm³/mol. The van der Waals surface area contributed by atoms with Crippen LogP contribution in [0.15, 0.2) is 84.9 Å². The fourth-order valence-corrected chi connectivity index (χ4v) is 4.33. The SMILES string of the molecule is Cc1cccc(-c2nn(-c3nc(-c4ccccc4)cc(C(F)(F)F)n3)c(-c3cccc(C)c3)c2Cl)c1. The van der Waals surface area contributed by atoms with Crippen LogP contribution >= 0.6 is 11.6 Å². The zero-order valence-corrected chi connectivity index (χ0v) is 20.1. The minimum atomic E-state index is -4.68. The summed E-state index contributed by atoms with van der Waals surface area (Å²) >= 11 is 6.88. The molecular formula is C28H20ClF3N4. The van der Waals surface area contributed by atoms with Gasteiger partial charge in [0.05, 0.1) is 16.4 Å². The van der Waals surface area contributed by atoms with Gasteiger partial charge in [-0.2, -0.15) is 23.0 Å². The number of alkyl halides is 3. The first-order valence-corrected chi connectivity index (χ1v) is 11.5. The van der Waals surface area contributed by atoms with Crippen molar-refractivity contribution in [3.63, 3.8) is 0 Å². The molecule has 0 saturated carbocycles. The van der Waals surface area contributed by atoms with Crippen molar-refractivity contribution < 1.29 is 13.2 Å². The van der Waals surface area contributed by atoms with Gasteiger partial charge in [-0.1, -0.05) is 89.5 Å². The van der Waals surface area contributed by atoms with E-state index in [4.69, 9.17) is 11.6 Å². The van der Waals surface area contributed by atoms with Crippen LogP contribution in [-0.4, -0.2) is 19.7 Å². The number of aryl methyl sites for hydroxylation is 2. The molecule has 36 heavy (non-hydrogen) atoms. The number of halogens is 4. The van der Waals surface area contributed by atoms with Crippen molar-refractivity contribution >= 4 is 11.6 Å². The molecule has 5 rings (SSSR count). The third-order valence-electron chi connectivity index (χ3n) is 5.67. The summed E-state index contributed by atoms with van der Waals surface area (Å²) in [7, 11) is 0. The molecule has 5 aromatic rings. The molecule has 2 heterocycles. The Bertz CT molecular complexity index is 1560. The van der Waals surface area contributed by atoms with Gasteiger partial charge in [0.15, 0.2) is 5.69 Å². The van der Waals surface area contributed by atoms with Crippen molar-refractivity contribution in [3.8, 4) is 39.7 Å². The lowest BCUT2D eigenvalue weighted by Crippen LogP contribution is -2.14. The molecule has 3 aromatic carbocycles. The number of aromatic nitrogens is 4. The first kappa shape index (κ1) is 23.8. The summed E-state index contributed by atoms with van der Waals surface area (Å²) in [6.07, 6.45) is -4.68. The maximum atomic E-state index is 13.9. The van der Waals surface area contributed by atoms with Crippen LogP contribution in [0.4, 0.5) is 13.2 Å². The van der Waals surface area contributed by atoms with Crippen molar-refractivity contribution in [1.29, 1.82) is 0 Å². The van der Waals surface area contributed by atoms with E-state index in [2.05, 4.69) is 15.1 Å². The zero-order valence-electron chi connectivity index (χ0n) is 19.4. The number of hydrogen-bond donors (Lipinski definition) is 0. The van der Waals surface area contributed by atoms with Crippen LogP contribution in [0.5, 0.6) is 0 Å². The molecule has 0 aliphatic carbocycles. The molecule has 8 heteroatoms. The molecule has 0 N–H and O–H groups in total. The summed E-state index contributed by atoms with van der Waals surface area (Å²) < 4.78 is 43.0. The molecule has 0 spiro atoms. The van der Waals surface area contributed by atoms with E-state index >= 15 is 0 Å². The van der Waals surface area contributed by atoms with Gasteiger partial charge in [-0.3, -0.25) is 0 Å². The normalized spacial score (nSPS) is 11.6. The van der Waals surface area contributed by atoms with Gasteiger partial charge in [0, 0.05) is 16.7 Å². The Morgan fingerprint density at radius 1 is 0.722 bits per heavy atom. The van der Waals surface area contributed by atoms with Crippen molar-refractivity contribution in [1.82, 2.24) is 19.7 Å². The van der Waals surface area contributed by atoms with Crippen LogP contribution in [0.3, 0.4) is 0 Å². The Labute approximate surface area is 211 Å². The smallest absolute Gasteiger partial charge is 0.211 e. The molecule has 0 bridgehead atoms. The molecule has 0 aliphatic heterocycles. The second kappa shape index (κ2) is 9.24. The summed E-state index contributed by atoms with van der Waals surface area (Å²) in [6, 6.07) is 24.7. The van der Waals surface area contributed by atoms with E-state index in [1.165, 1.54) is 4.68 Å². The van der Waals surface area contributed by atoms with Crippen molar-refractivity contribution in [2.45, 2.75) is 20.0 Å². The fraction of sp³-hybridized carbons (Fsp3) is 0.107. The summed E-state index contributed by atoms with van der Waals surface area (Å²) in [5.74, 6) is -0.221. The Kier molecular flexibility index (Phi) is 6.10. The van der Waals surface area contributed by atoms with Gasteiger partial charge in [-0.15, -0.1) is 0 Å². The Hall–Kier alpha value is -3.97. The lowest BCUT2D eigenvalue weighted by atomic mass is 10.1. The standard InChI is InChI=1S/C28H20ClF3N4/c1-17-8-6-12-20(14-17)25-24(29)26(21-13-7-9-18(2)15-21)36(35-25)27-33-22(19-10-4-3-5-11-19)16-23(34-27)28(30,31)32/h3-16H,1-2H3.